The molecule has 2 fully saturated rings. The number of rotatable bonds is 5. The Hall–Kier alpha value is -0.820. The fourth-order valence-corrected chi connectivity index (χ4v) is 4.62. The maximum Gasteiger partial charge on any atom is 0.00136 e. The van der Waals surface area contributed by atoms with Gasteiger partial charge in [0, 0.05) is 6.54 Å². The van der Waals surface area contributed by atoms with Crippen molar-refractivity contribution in [2.75, 3.05) is 13.1 Å². The van der Waals surface area contributed by atoms with Crippen LogP contribution in [-0.2, 0) is 6.42 Å². The minimum absolute atomic E-state index is 0.547. The summed E-state index contributed by atoms with van der Waals surface area (Å²) >= 11 is 0. The molecule has 0 amide bonds. The van der Waals surface area contributed by atoms with Gasteiger partial charge in [-0.3, -0.25) is 0 Å². The summed E-state index contributed by atoms with van der Waals surface area (Å²) in [5, 5.41) is 3.66. The SMILES string of the molecule is CCNCC1(Cc2ccccc2C)CC2CCC1C2. The van der Waals surface area contributed by atoms with Crippen molar-refractivity contribution in [3.8, 4) is 0 Å². The lowest BCUT2D eigenvalue weighted by molar-refractivity contribution is 0.157. The van der Waals surface area contributed by atoms with E-state index in [9.17, 15) is 0 Å². The van der Waals surface area contributed by atoms with Gasteiger partial charge in [-0.1, -0.05) is 37.6 Å². The van der Waals surface area contributed by atoms with E-state index in [2.05, 4.69) is 43.4 Å². The molecule has 2 aliphatic carbocycles. The van der Waals surface area contributed by atoms with Crippen molar-refractivity contribution in [3.63, 3.8) is 0 Å². The van der Waals surface area contributed by atoms with Gasteiger partial charge in [0.1, 0.15) is 0 Å². The molecule has 0 heterocycles. The summed E-state index contributed by atoms with van der Waals surface area (Å²) in [6, 6.07) is 8.98. The molecule has 0 radical (unpaired) electrons. The van der Waals surface area contributed by atoms with Crippen LogP contribution in [0, 0.1) is 24.2 Å². The Kier molecular flexibility index (Phi) is 3.66. The second kappa shape index (κ2) is 5.28. The number of hydrogen-bond donors (Lipinski definition) is 1. The van der Waals surface area contributed by atoms with Crippen LogP contribution < -0.4 is 5.32 Å². The molecular weight excluding hydrogens is 230 g/mol. The highest BCUT2D eigenvalue weighted by atomic mass is 14.9. The van der Waals surface area contributed by atoms with Crippen LogP contribution in [0.1, 0.15) is 43.7 Å². The lowest BCUT2D eigenvalue weighted by Crippen LogP contribution is -2.40. The minimum atomic E-state index is 0.547. The average Bonchev–Trinajstić information content (AvgIpc) is 3.00. The first-order chi connectivity index (χ1) is 9.23. The van der Waals surface area contributed by atoms with Crippen LogP contribution in [0.5, 0.6) is 0 Å². The highest BCUT2D eigenvalue weighted by Crippen LogP contribution is 2.57. The minimum Gasteiger partial charge on any atom is -0.316 e. The van der Waals surface area contributed by atoms with Gasteiger partial charge in [-0.2, -0.15) is 0 Å². The third-order valence-corrected chi connectivity index (χ3v) is 5.63. The third kappa shape index (κ3) is 2.45. The van der Waals surface area contributed by atoms with E-state index in [1.54, 1.807) is 5.56 Å². The standard InChI is InChI=1S/C18H27N/c1-3-19-13-18(11-15-8-9-17(18)10-15)12-16-7-5-4-6-14(16)2/h4-7,15,17,19H,3,8-13H2,1-2H3. The molecule has 2 saturated carbocycles. The predicted molar refractivity (Wildman–Crippen MR) is 81.3 cm³/mol. The van der Waals surface area contributed by atoms with Gasteiger partial charge in [0.2, 0.25) is 0 Å². The number of fused-ring (bicyclic) bond motifs is 2. The number of hydrogen-bond acceptors (Lipinski definition) is 1. The van der Waals surface area contributed by atoms with E-state index in [0.717, 1.165) is 18.4 Å². The van der Waals surface area contributed by atoms with Crippen molar-refractivity contribution in [2.45, 2.75) is 46.0 Å². The fraction of sp³-hybridized carbons (Fsp3) is 0.667. The van der Waals surface area contributed by atoms with Crippen LogP contribution in [0.25, 0.3) is 0 Å². The lowest BCUT2D eigenvalue weighted by Gasteiger charge is -2.39. The number of benzene rings is 1. The molecule has 3 atom stereocenters. The predicted octanol–water partition coefficient (Wildman–Crippen LogP) is 3.95. The monoisotopic (exact) mass is 257 g/mol. The van der Waals surface area contributed by atoms with Gasteiger partial charge in [-0.25, -0.2) is 0 Å². The Balaban J connectivity index is 1.82. The van der Waals surface area contributed by atoms with Crippen molar-refractivity contribution in [1.82, 2.24) is 5.32 Å². The van der Waals surface area contributed by atoms with Crippen molar-refractivity contribution in [2.24, 2.45) is 17.3 Å². The molecule has 1 aromatic rings. The molecule has 104 valence electrons. The van der Waals surface area contributed by atoms with Crippen LogP contribution in [0.3, 0.4) is 0 Å². The molecule has 2 bridgehead atoms. The largest absolute Gasteiger partial charge is 0.316 e. The first-order valence-electron chi connectivity index (χ1n) is 7.99. The van der Waals surface area contributed by atoms with Gasteiger partial charge in [-0.05, 0) is 67.5 Å². The molecule has 2 aliphatic rings. The maximum absolute atomic E-state index is 3.66. The van der Waals surface area contributed by atoms with Gasteiger partial charge in [-0.15, -0.1) is 0 Å². The summed E-state index contributed by atoms with van der Waals surface area (Å²) in [4.78, 5) is 0. The van der Waals surface area contributed by atoms with Crippen molar-refractivity contribution >= 4 is 0 Å². The Morgan fingerprint density at radius 2 is 2.11 bits per heavy atom. The van der Waals surface area contributed by atoms with E-state index in [4.69, 9.17) is 0 Å². The fourth-order valence-electron chi connectivity index (χ4n) is 4.62. The Morgan fingerprint density at radius 3 is 2.74 bits per heavy atom. The summed E-state index contributed by atoms with van der Waals surface area (Å²) in [5.74, 6) is 1.99. The lowest BCUT2D eigenvalue weighted by atomic mass is 9.69. The Labute approximate surface area is 117 Å². The van der Waals surface area contributed by atoms with E-state index >= 15 is 0 Å². The van der Waals surface area contributed by atoms with Crippen LogP contribution in [0.4, 0.5) is 0 Å². The smallest absolute Gasteiger partial charge is 0.00136 e. The van der Waals surface area contributed by atoms with E-state index in [1.165, 1.54) is 44.2 Å². The molecule has 0 saturated heterocycles. The second-order valence-corrected chi connectivity index (χ2v) is 6.83. The zero-order valence-electron chi connectivity index (χ0n) is 12.4. The van der Waals surface area contributed by atoms with Gasteiger partial charge in [0.25, 0.3) is 0 Å². The topological polar surface area (TPSA) is 12.0 Å². The van der Waals surface area contributed by atoms with Gasteiger partial charge in [0.15, 0.2) is 0 Å². The Morgan fingerprint density at radius 1 is 1.26 bits per heavy atom. The molecule has 1 N–H and O–H groups in total. The van der Waals surface area contributed by atoms with Crippen LogP contribution in [0.15, 0.2) is 24.3 Å². The highest BCUT2D eigenvalue weighted by Gasteiger charge is 2.50. The summed E-state index contributed by atoms with van der Waals surface area (Å²) in [6.45, 7) is 6.82. The third-order valence-electron chi connectivity index (χ3n) is 5.63. The molecule has 1 heteroatoms. The maximum atomic E-state index is 3.66. The zero-order chi connectivity index (χ0) is 13.3. The average molecular weight is 257 g/mol. The van der Waals surface area contributed by atoms with E-state index in [1.807, 2.05) is 0 Å². The van der Waals surface area contributed by atoms with Crippen LogP contribution in [-0.4, -0.2) is 13.1 Å². The molecule has 0 aliphatic heterocycles. The molecule has 0 aromatic heterocycles. The molecule has 0 spiro atoms. The highest BCUT2D eigenvalue weighted by molar-refractivity contribution is 5.27. The Bertz CT molecular complexity index is 439. The van der Waals surface area contributed by atoms with Gasteiger partial charge < -0.3 is 5.32 Å². The van der Waals surface area contributed by atoms with E-state index in [0.29, 0.717) is 5.41 Å². The van der Waals surface area contributed by atoms with Crippen molar-refractivity contribution in [1.29, 1.82) is 0 Å². The number of aryl methyl sites for hydroxylation is 1. The summed E-state index contributed by atoms with van der Waals surface area (Å²) in [5.41, 5.74) is 3.60. The second-order valence-electron chi connectivity index (χ2n) is 6.83. The molecule has 1 nitrogen and oxygen atoms in total. The summed E-state index contributed by atoms with van der Waals surface area (Å²) < 4.78 is 0. The molecule has 19 heavy (non-hydrogen) atoms. The van der Waals surface area contributed by atoms with Crippen LogP contribution in [0.2, 0.25) is 0 Å². The summed E-state index contributed by atoms with van der Waals surface area (Å²) in [7, 11) is 0. The molecular formula is C18H27N. The first-order valence-corrected chi connectivity index (χ1v) is 7.99. The quantitative estimate of drug-likeness (QED) is 0.842. The zero-order valence-corrected chi connectivity index (χ0v) is 12.4. The normalized spacial score (nSPS) is 32.9. The van der Waals surface area contributed by atoms with E-state index < -0.39 is 0 Å². The van der Waals surface area contributed by atoms with Gasteiger partial charge in [0.05, 0.1) is 0 Å². The van der Waals surface area contributed by atoms with Crippen molar-refractivity contribution < 1.29 is 0 Å². The number of nitrogens with one attached hydrogen (secondary N) is 1. The van der Waals surface area contributed by atoms with Crippen LogP contribution >= 0.6 is 0 Å². The van der Waals surface area contributed by atoms with Crippen molar-refractivity contribution in [3.05, 3.63) is 35.4 Å². The molecule has 3 rings (SSSR count). The summed E-state index contributed by atoms with van der Waals surface area (Å²) in [6.07, 6.45) is 7.21. The van der Waals surface area contributed by atoms with E-state index in [-0.39, 0.29) is 0 Å². The molecule has 1 aromatic carbocycles. The first kappa shape index (κ1) is 13.2. The molecule has 3 unspecified atom stereocenters. The van der Waals surface area contributed by atoms with Gasteiger partial charge >= 0.3 is 0 Å².